The Bertz CT molecular complexity index is 444. The molecule has 1 aliphatic rings. The quantitative estimate of drug-likeness (QED) is 0.904. The van der Waals surface area contributed by atoms with Crippen molar-refractivity contribution >= 4 is 0 Å². The Kier molecular flexibility index (Phi) is 4.14. The molecule has 0 radical (unpaired) electrons. The Morgan fingerprint density at radius 3 is 2.74 bits per heavy atom. The van der Waals surface area contributed by atoms with Gasteiger partial charge in [-0.3, -0.25) is 0 Å². The van der Waals surface area contributed by atoms with Gasteiger partial charge in [0.15, 0.2) is 0 Å². The third kappa shape index (κ3) is 3.08. The lowest BCUT2D eigenvalue weighted by Crippen LogP contribution is -2.33. The highest BCUT2D eigenvalue weighted by Crippen LogP contribution is 2.47. The molecule has 0 saturated heterocycles. The minimum absolute atomic E-state index is 0.166. The molecule has 0 spiro atoms. The molecule has 2 N–H and O–H groups in total. The van der Waals surface area contributed by atoms with E-state index >= 15 is 0 Å². The molecule has 2 nitrogen and oxygen atoms in total. The van der Waals surface area contributed by atoms with Crippen molar-refractivity contribution in [2.24, 2.45) is 17.1 Å². The van der Waals surface area contributed by atoms with Crippen molar-refractivity contribution in [3.63, 3.8) is 0 Å². The highest BCUT2D eigenvalue weighted by molar-refractivity contribution is 5.32. The van der Waals surface area contributed by atoms with Crippen LogP contribution in [0.5, 0.6) is 5.75 Å². The molecule has 1 aromatic rings. The Labute approximate surface area is 115 Å². The number of halogens is 1. The van der Waals surface area contributed by atoms with Gasteiger partial charge in [-0.25, -0.2) is 4.39 Å². The zero-order chi connectivity index (χ0) is 14.0. The topological polar surface area (TPSA) is 35.2 Å². The number of ether oxygens (including phenoxy) is 1. The first kappa shape index (κ1) is 14.3. The minimum atomic E-state index is -0.166. The van der Waals surface area contributed by atoms with E-state index in [9.17, 15) is 4.39 Å². The van der Waals surface area contributed by atoms with Crippen LogP contribution in [0.4, 0.5) is 4.39 Å². The lowest BCUT2D eigenvalue weighted by Gasteiger charge is -2.40. The zero-order valence-corrected chi connectivity index (χ0v) is 12.1. The molecule has 1 fully saturated rings. The van der Waals surface area contributed by atoms with Crippen molar-refractivity contribution in [1.82, 2.24) is 0 Å². The summed E-state index contributed by atoms with van der Waals surface area (Å²) in [5.74, 6) is 1.01. The van der Waals surface area contributed by atoms with Gasteiger partial charge in [0.25, 0.3) is 0 Å². The number of nitrogens with two attached hydrogens (primary N) is 1. The zero-order valence-electron chi connectivity index (χ0n) is 12.1. The highest BCUT2D eigenvalue weighted by atomic mass is 19.1. The number of methoxy groups -OCH3 is 1. The Balaban J connectivity index is 2.31. The fourth-order valence-electron chi connectivity index (χ4n) is 3.22. The number of rotatable bonds is 3. The van der Waals surface area contributed by atoms with Crippen LogP contribution < -0.4 is 10.5 Å². The smallest absolute Gasteiger partial charge is 0.130 e. The van der Waals surface area contributed by atoms with Gasteiger partial charge in [0.2, 0.25) is 0 Å². The molecular formula is C16H24FNO. The maximum atomic E-state index is 14.3. The summed E-state index contributed by atoms with van der Waals surface area (Å²) < 4.78 is 19.3. The molecule has 1 aliphatic carbocycles. The van der Waals surface area contributed by atoms with E-state index in [1.807, 2.05) is 12.1 Å². The minimum Gasteiger partial charge on any atom is -0.497 e. The van der Waals surface area contributed by atoms with Gasteiger partial charge >= 0.3 is 0 Å². The van der Waals surface area contributed by atoms with Crippen molar-refractivity contribution in [3.8, 4) is 5.75 Å². The summed E-state index contributed by atoms with van der Waals surface area (Å²) in [7, 11) is 1.56. The molecule has 1 saturated carbocycles. The summed E-state index contributed by atoms with van der Waals surface area (Å²) in [5.41, 5.74) is 6.94. The monoisotopic (exact) mass is 265 g/mol. The number of hydrogen-bond donors (Lipinski definition) is 1. The van der Waals surface area contributed by atoms with Crippen molar-refractivity contribution in [2.45, 2.75) is 39.0 Å². The van der Waals surface area contributed by atoms with Gasteiger partial charge in [-0.05, 0) is 54.7 Å². The van der Waals surface area contributed by atoms with Crippen LogP contribution in [0.1, 0.15) is 44.6 Å². The molecule has 1 aromatic carbocycles. The molecule has 2 rings (SSSR count). The molecule has 106 valence electrons. The summed E-state index contributed by atoms with van der Waals surface area (Å²) >= 11 is 0. The van der Waals surface area contributed by atoms with E-state index < -0.39 is 0 Å². The first-order valence-electron chi connectivity index (χ1n) is 7.00. The molecule has 3 heteroatoms. The standard InChI is InChI=1S/C16H24FNO/c1-16(2)7-6-11(10-18)14(9-16)13-5-4-12(19-3)8-15(13)17/h4-5,8,11,14H,6-7,9-10,18H2,1-3H3. The van der Waals surface area contributed by atoms with Crippen LogP contribution in [-0.2, 0) is 0 Å². The number of hydrogen-bond acceptors (Lipinski definition) is 2. The van der Waals surface area contributed by atoms with E-state index in [0.717, 1.165) is 18.4 Å². The maximum Gasteiger partial charge on any atom is 0.130 e. The van der Waals surface area contributed by atoms with Crippen LogP contribution >= 0.6 is 0 Å². The lowest BCUT2D eigenvalue weighted by atomic mass is 9.65. The maximum absolute atomic E-state index is 14.3. The van der Waals surface area contributed by atoms with Crippen LogP contribution in [0, 0.1) is 17.2 Å². The second kappa shape index (κ2) is 5.49. The predicted octanol–water partition coefficient (Wildman–Crippen LogP) is 3.70. The third-order valence-electron chi connectivity index (χ3n) is 4.44. The number of benzene rings is 1. The van der Waals surface area contributed by atoms with E-state index in [1.165, 1.54) is 12.5 Å². The van der Waals surface area contributed by atoms with Gasteiger partial charge in [-0.1, -0.05) is 19.9 Å². The van der Waals surface area contributed by atoms with Gasteiger partial charge in [0.1, 0.15) is 11.6 Å². The van der Waals surface area contributed by atoms with Crippen molar-refractivity contribution in [1.29, 1.82) is 0 Å². The summed E-state index contributed by atoms with van der Waals surface area (Å²) in [6.45, 7) is 5.15. The lowest BCUT2D eigenvalue weighted by molar-refractivity contribution is 0.163. The van der Waals surface area contributed by atoms with E-state index in [1.54, 1.807) is 7.11 Å². The fourth-order valence-corrected chi connectivity index (χ4v) is 3.22. The Hall–Kier alpha value is -1.09. The normalized spacial score (nSPS) is 26.2. The molecule has 2 unspecified atom stereocenters. The largest absolute Gasteiger partial charge is 0.497 e. The Morgan fingerprint density at radius 2 is 2.16 bits per heavy atom. The van der Waals surface area contributed by atoms with Crippen molar-refractivity contribution in [3.05, 3.63) is 29.6 Å². The summed E-state index contributed by atoms with van der Waals surface area (Å²) in [4.78, 5) is 0. The molecule has 0 heterocycles. The molecule has 0 aromatic heterocycles. The molecule has 0 amide bonds. The second-order valence-electron chi connectivity index (χ2n) is 6.40. The van der Waals surface area contributed by atoms with Gasteiger partial charge in [-0.2, -0.15) is 0 Å². The molecule has 19 heavy (non-hydrogen) atoms. The molecular weight excluding hydrogens is 241 g/mol. The van der Waals surface area contributed by atoms with Crippen LogP contribution in [-0.4, -0.2) is 13.7 Å². The van der Waals surface area contributed by atoms with Gasteiger partial charge in [0.05, 0.1) is 7.11 Å². The molecule has 0 aliphatic heterocycles. The molecule has 0 bridgehead atoms. The van der Waals surface area contributed by atoms with E-state index in [4.69, 9.17) is 10.5 Å². The van der Waals surface area contributed by atoms with E-state index in [0.29, 0.717) is 18.2 Å². The van der Waals surface area contributed by atoms with Gasteiger partial charge in [-0.15, -0.1) is 0 Å². The molecule has 2 atom stereocenters. The van der Waals surface area contributed by atoms with Gasteiger partial charge < -0.3 is 10.5 Å². The van der Waals surface area contributed by atoms with E-state index in [-0.39, 0.29) is 17.2 Å². The third-order valence-corrected chi connectivity index (χ3v) is 4.44. The first-order valence-corrected chi connectivity index (χ1v) is 7.00. The van der Waals surface area contributed by atoms with E-state index in [2.05, 4.69) is 13.8 Å². The fraction of sp³-hybridized carbons (Fsp3) is 0.625. The van der Waals surface area contributed by atoms with Crippen LogP contribution in [0.25, 0.3) is 0 Å². The first-order chi connectivity index (χ1) is 8.96. The van der Waals surface area contributed by atoms with Crippen LogP contribution in [0.15, 0.2) is 18.2 Å². The van der Waals surface area contributed by atoms with Crippen molar-refractivity contribution < 1.29 is 9.13 Å². The average molecular weight is 265 g/mol. The Morgan fingerprint density at radius 1 is 1.42 bits per heavy atom. The summed E-state index contributed by atoms with van der Waals surface area (Å²) in [6, 6.07) is 5.18. The van der Waals surface area contributed by atoms with Crippen LogP contribution in [0.3, 0.4) is 0 Å². The van der Waals surface area contributed by atoms with Crippen LogP contribution in [0.2, 0.25) is 0 Å². The van der Waals surface area contributed by atoms with Crippen molar-refractivity contribution in [2.75, 3.05) is 13.7 Å². The van der Waals surface area contributed by atoms with Gasteiger partial charge in [0, 0.05) is 6.07 Å². The summed E-state index contributed by atoms with van der Waals surface area (Å²) in [5, 5.41) is 0. The highest BCUT2D eigenvalue weighted by Gasteiger charge is 2.36. The predicted molar refractivity (Wildman–Crippen MR) is 75.9 cm³/mol. The summed E-state index contributed by atoms with van der Waals surface area (Å²) in [6.07, 6.45) is 3.25. The second-order valence-corrected chi connectivity index (χ2v) is 6.40. The SMILES string of the molecule is COc1ccc(C2CC(C)(C)CCC2CN)c(F)c1. The average Bonchev–Trinajstić information content (AvgIpc) is 2.37.